The number of thioether (sulfide) groups is 3. The molecule has 2 aromatic carbocycles. The Labute approximate surface area is 810 Å². The third-order valence-electron chi connectivity index (χ3n) is 22.0. The predicted octanol–water partition coefficient (Wildman–Crippen LogP) is -2.38. The largest absolute Gasteiger partial charge is 0.508 e. The van der Waals surface area contributed by atoms with Crippen LogP contribution in [0.4, 0.5) is 15.3 Å². The van der Waals surface area contributed by atoms with E-state index in [-0.39, 0.29) is 136 Å². The first-order chi connectivity index (χ1) is 65.6. The number of phenolic OH excluding ortho intramolecular Hbond substituents is 1. The van der Waals surface area contributed by atoms with Gasteiger partial charge in [0, 0.05) is 102 Å². The standard InChI is InChI=1S/C87H136N18O28S4/c1-8-52(4)62-36-59(107)40-93-78(115)55-34-63-61-15-16-69(109)64(77(61)102-84(63)137(124)50-67(97-73(113)41-94-79(62)116)81(118)99-66(38-72(89)112)85(121)105-43-60(108)37-68(105)82(119)101-76(70(110)35-55)53(5)71(111)44-106)49-136-33-32-131-31-30-130-29-28-129-27-26-128-25-24-127-23-22-126-21-20-125-19-18-104(91)42-56(88)39-95-87(123)132-45-54-11-13-57(14-12-54)96-80(117)65(10-9-17-92-86(90)122)98-83(120)75(51(2)3)100-74(114)46-133-103-58(47-134-6)48-135-7/h11-16,42,51-53,55,60,62,65-68,71,75-76,102,106,108-109,111H,8-10,17-41,43-50,88,91H2,1-7H3,(H2,89,112)(H,93,115)(H,94,116)(H,95,123)(H,96,117)(H,97,113)(H,98,120)(H,99,118)(H,100,114)(H,101,119)(H3,90,92,122)/b56-42-/t52-,53-,55+,60+,62-,65-,66-,67?,68-,71-,75-,76-,137?/m0/s1. The number of H-pyrrole nitrogens is 1. The van der Waals surface area contributed by atoms with E-state index in [0.717, 1.165) is 10.6 Å². The molecule has 0 spiro atoms. The molecule has 2 bridgehead atoms. The third kappa shape index (κ3) is 41.5. The van der Waals surface area contributed by atoms with Gasteiger partial charge in [0.25, 0.3) is 5.91 Å². The van der Waals surface area contributed by atoms with Crippen LogP contribution in [0.25, 0.3) is 10.9 Å². The van der Waals surface area contributed by atoms with Gasteiger partial charge in [-0.1, -0.05) is 58.3 Å². The zero-order valence-electron chi connectivity index (χ0n) is 78.4. The molecule has 0 saturated carbocycles. The lowest BCUT2D eigenvalue weighted by Crippen LogP contribution is -2.60. The predicted molar refractivity (Wildman–Crippen MR) is 509 cm³/mol. The number of nitrogens with zero attached hydrogens (tertiary/aromatic N) is 3. The molecule has 0 aliphatic carbocycles. The van der Waals surface area contributed by atoms with Crippen LogP contribution < -0.4 is 76.2 Å². The Morgan fingerprint density at radius 1 is 0.737 bits per heavy atom. The molecule has 13 amide bonds. The van der Waals surface area contributed by atoms with Crippen molar-refractivity contribution in [3.63, 3.8) is 0 Å². The molecule has 2 unspecified atom stereocenters. The molecule has 50 heteroatoms. The van der Waals surface area contributed by atoms with Crippen molar-refractivity contribution in [3.8, 4) is 5.75 Å². The van der Waals surface area contributed by atoms with Crippen LogP contribution in [-0.4, -0.2) is 357 Å². The number of hydrazine groups is 1. The fourth-order valence-electron chi connectivity index (χ4n) is 14.4. The van der Waals surface area contributed by atoms with E-state index in [1.165, 1.54) is 42.0 Å². The first-order valence-electron chi connectivity index (χ1n) is 45.0. The summed E-state index contributed by atoms with van der Waals surface area (Å²) in [5, 5.41) is 74.8. The van der Waals surface area contributed by atoms with Gasteiger partial charge in [-0.2, -0.15) is 35.3 Å². The van der Waals surface area contributed by atoms with Crippen LogP contribution in [0, 0.1) is 29.6 Å². The lowest BCUT2D eigenvalue weighted by molar-refractivity contribution is -0.144. The van der Waals surface area contributed by atoms with Gasteiger partial charge in [0.15, 0.2) is 18.2 Å². The van der Waals surface area contributed by atoms with Gasteiger partial charge in [-0.15, -0.1) is 0 Å². The van der Waals surface area contributed by atoms with Gasteiger partial charge >= 0.3 is 12.1 Å². The van der Waals surface area contributed by atoms with Gasteiger partial charge in [0.1, 0.15) is 47.6 Å². The highest BCUT2D eigenvalue weighted by atomic mass is 32.2. The number of benzene rings is 2. The van der Waals surface area contributed by atoms with Gasteiger partial charge in [-0.05, 0) is 79.0 Å². The number of urea groups is 1. The molecule has 1 aromatic heterocycles. The molecule has 23 N–H and O–H groups in total. The highest BCUT2D eigenvalue weighted by Gasteiger charge is 2.46. The Kier molecular flexibility index (Phi) is 53.0. The number of aromatic nitrogens is 1. The number of aromatic amines is 1. The zero-order valence-corrected chi connectivity index (χ0v) is 81.6. The molecule has 13 atom stereocenters. The van der Waals surface area contributed by atoms with Crippen molar-refractivity contribution in [3.05, 3.63) is 65.0 Å². The molecule has 3 aromatic rings. The quantitative estimate of drug-likeness (QED) is 0.0121. The normalized spacial score (nSPS) is 20.0. The number of nitrogens with one attached hydrogen (secondary N) is 11. The van der Waals surface area contributed by atoms with Gasteiger partial charge < -0.3 is 148 Å². The number of phenols is 1. The summed E-state index contributed by atoms with van der Waals surface area (Å²) in [4.78, 5) is 201. The lowest BCUT2D eigenvalue weighted by Gasteiger charge is -2.32. The Bertz CT molecular complexity index is 4510. The number of nitrogens with two attached hydrogens (primary N) is 4. The van der Waals surface area contributed by atoms with Crippen LogP contribution in [0.3, 0.4) is 0 Å². The fourth-order valence-corrected chi connectivity index (χ4v) is 17.8. The summed E-state index contributed by atoms with van der Waals surface area (Å²) in [7, 11) is -2.47. The van der Waals surface area contributed by atoms with E-state index in [1.807, 2.05) is 12.5 Å². The summed E-state index contributed by atoms with van der Waals surface area (Å²) in [6.45, 7) is 9.19. The Balaban J connectivity index is 0.881. The minimum Gasteiger partial charge on any atom is -0.508 e. The van der Waals surface area contributed by atoms with Crippen molar-refractivity contribution in [2.75, 3.05) is 186 Å². The van der Waals surface area contributed by atoms with Crippen LogP contribution >= 0.6 is 35.3 Å². The number of aliphatic hydroxyl groups is 3. The summed E-state index contributed by atoms with van der Waals surface area (Å²) in [6, 6.07) is -0.663. The van der Waals surface area contributed by atoms with Gasteiger partial charge in [-0.25, -0.2) is 15.4 Å². The second kappa shape index (κ2) is 62.8. The number of aliphatic hydroxyl groups excluding tert-OH is 3. The summed E-state index contributed by atoms with van der Waals surface area (Å²) in [6.07, 6.45) is -0.702. The van der Waals surface area contributed by atoms with E-state index >= 15 is 9.00 Å². The van der Waals surface area contributed by atoms with Crippen LogP contribution in [0.15, 0.2) is 58.5 Å². The van der Waals surface area contributed by atoms with Gasteiger partial charge in [0.2, 0.25) is 53.2 Å². The number of ketones is 2. The van der Waals surface area contributed by atoms with E-state index in [0.29, 0.717) is 81.2 Å². The minimum atomic E-state index is -2.47. The smallest absolute Gasteiger partial charge is 0.407 e. The average molecular weight is 2010 g/mol. The summed E-state index contributed by atoms with van der Waals surface area (Å²) in [5.74, 6) is -8.24. The van der Waals surface area contributed by atoms with E-state index < -0.39 is 236 Å². The second-order valence-electron chi connectivity index (χ2n) is 33.0. The van der Waals surface area contributed by atoms with Crippen LogP contribution in [0.1, 0.15) is 96.3 Å². The van der Waals surface area contributed by atoms with Crippen molar-refractivity contribution in [2.24, 2.45) is 57.8 Å². The monoisotopic (exact) mass is 2010 g/mol. The molecular weight excluding hydrogens is 1870 g/mol. The molecule has 1 saturated heterocycles. The number of hydrogen-bond donors (Lipinski definition) is 19. The topological polar surface area (TPSA) is 679 Å². The van der Waals surface area contributed by atoms with Crippen molar-refractivity contribution in [1.82, 2.24) is 62.7 Å². The molecule has 766 valence electrons. The zero-order chi connectivity index (χ0) is 100. The summed E-state index contributed by atoms with van der Waals surface area (Å²) >= 11 is 4.47. The van der Waals surface area contributed by atoms with Gasteiger partial charge in [-0.3, -0.25) is 61.7 Å². The number of primary amides is 2. The second-order valence-corrected chi connectivity index (χ2v) is 37.3. The van der Waals surface area contributed by atoms with Crippen molar-refractivity contribution in [1.29, 1.82) is 0 Å². The number of Topliss-reactive ketones (excluding diaryl/α,β-unsaturated/α-hetero) is 2. The van der Waals surface area contributed by atoms with E-state index in [4.69, 9.17) is 65.8 Å². The first kappa shape index (κ1) is 116. The molecule has 6 rings (SSSR count). The molecule has 3 aliphatic heterocycles. The first-order valence-corrected chi connectivity index (χ1v) is 50.3. The number of hydrogen-bond acceptors (Lipinski definition) is 35. The van der Waals surface area contributed by atoms with Crippen molar-refractivity contribution in [2.45, 2.75) is 152 Å². The highest BCUT2D eigenvalue weighted by Crippen LogP contribution is 2.37. The number of carbonyl (C=O) groups is 14. The number of rotatable bonds is 55. The van der Waals surface area contributed by atoms with E-state index in [1.54, 1.807) is 75.5 Å². The Hall–Kier alpha value is -10.1. The number of fused-ring (bicyclic) bond motifs is 5. The molecular formula is C87H136N18O28S4. The number of oxime groups is 1. The Morgan fingerprint density at radius 3 is 1.96 bits per heavy atom. The average Bonchev–Trinajstić information content (AvgIpc) is 1.61. The summed E-state index contributed by atoms with van der Waals surface area (Å²) < 4.78 is 60.1. The molecule has 0 radical (unpaired) electrons. The maximum Gasteiger partial charge on any atom is 0.407 e. The van der Waals surface area contributed by atoms with Crippen LogP contribution in [-0.2, 0) is 130 Å². The number of aromatic hydroxyl groups is 1. The van der Waals surface area contributed by atoms with Crippen molar-refractivity contribution >= 4 is 151 Å². The number of alkyl carbamates (subject to hydrolysis) is 1. The SMILES string of the molecule is CC[C@H](C)[C@@H]1CC(=O)CNC(=O)[C@H]2CC(=O)[C@H]([C@@H](C)[C@@H](O)CO)NC(=O)[C@@H]3C[C@@H](O)CN3C(=O)[C@H](CC(N)=O)NC(=O)C(CS(=O)c3[nH]c4c(CSCCOCCOCCOCCOCCOCCOCCOCCN(N)/C=C(\N)CNC(=O)OCc5ccc(NC(=O)[C@H](CCCNC(N)=O)NC(=O)[C@@H](NC(=O)CON=C(CSC)CSC)C(C)C)cc5)c(O)ccc4c3C2)NC(=O)CNC1=O. The van der Waals surface area contributed by atoms with E-state index in [9.17, 15) is 82.8 Å². The fraction of sp³-hybridized carbons (Fsp3) is 0.644. The molecule has 3 aliphatic rings. The van der Waals surface area contributed by atoms with Crippen LogP contribution in [0.5, 0.6) is 5.75 Å². The Morgan fingerprint density at radius 2 is 1.36 bits per heavy atom. The van der Waals surface area contributed by atoms with Crippen LogP contribution in [0.2, 0.25) is 0 Å². The van der Waals surface area contributed by atoms with Gasteiger partial charge in [0.05, 0.1) is 178 Å². The molecule has 46 nitrogen and oxygen atoms in total. The highest BCUT2D eigenvalue weighted by molar-refractivity contribution is 8.00. The number of anilines is 1. The maximum atomic E-state index is 15.3. The van der Waals surface area contributed by atoms with Crippen molar-refractivity contribution < 1.29 is 134 Å². The molecule has 1 fully saturated rings. The number of amides is 13. The number of carbonyl (C=O) groups excluding carboxylic acids is 14. The third-order valence-corrected chi connectivity index (χ3v) is 25.7. The number of ether oxygens (including phenoxy) is 8. The van der Waals surface area contributed by atoms with E-state index in [2.05, 4.69) is 63.3 Å². The molecule has 4 heterocycles. The maximum absolute atomic E-state index is 15.3. The summed E-state index contributed by atoms with van der Waals surface area (Å²) in [5.41, 5.74) is 19.5. The minimum absolute atomic E-state index is 0.0815. The lowest BCUT2D eigenvalue weighted by atomic mass is 9.85. The molecule has 137 heavy (non-hydrogen) atoms.